The Morgan fingerprint density at radius 1 is 1.00 bits per heavy atom. The molecular formula is C20H28F2N2. The fourth-order valence-corrected chi connectivity index (χ4v) is 1.44. The van der Waals surface area contributed by atoms with Gasteiger partial charge in [-0.05, 0) is 62.5 Å². The second-order valence-corrected chi connectivity index (χ2v) is 5.96. The predicted molar refractivity (Wildman–Crippen MR) is 99.4 cm³/mol. The smallest absolute Gasteiger partial charge is 0.266 e. The lowest BCUT2D eigenvalue weighted by Gasteiger charge is -2.06. The van der Waals surface area contributed by atoms with E-state index in [1.165, 1.54) is 18.1 Å². The Labute approximate surface area is 144 Å². The molecule has 1 aromatic carbocycles. The number of allylic oxidation sites excluding steroid dienone is 2. The third kappa shape index (κ3) is 8.42. The van der Waals surface area contributed by atoms with Gasteiger partial charge in [-0.2, -0.15) is 5.10 Å². The van der Waals surface area contributed by atoms with Crippen molar-refractivity contribution in [1.29, 1.82) is 0 Å². The van der Waals surface area contributed by atoms with Crippen molar-refractivity contribution >= 4 is 5.57 Å². The summed E-state index contributed by atoms with van der Waals surface area (Å²) in [5.74, 6) is -2.69. The molecule has 0 radical (unpaired) electrons. The Hall–Kier alpha value is -2.23. The molecule has 1 N–H and O–H groups in total. The standard InChI is InChI=1S/C8H10.C7H10N2.C5H8F2/c1-7-5-3-4-6-8(7)2;1-5(2)7-6(3)4-8-9-7;1-4(2)5(3,6)7/h3-6H,1-2H3;4H,1H2,2-3H3,(H,8,9);1H2,2-3H3. The van der Waals surface area contributed by atoms with Crippen LogP contribution in [0.15, 0.2) is 49.2 Å². The van der Waals surface area contributed by atoms with Crippen LogP contribution in [0.4, 0.5) is 8.78 Å². The van der Waals surface area contributed by atoms with Gasteiger partial charge in [0.05, 0.1) is 11.9 Å². The van der Waals surface area contributed by atoms with E-state index in [0.717, 1.165) is 23.8 Å². The van der Waals surface area contributed by atoms with Crippen LogP contribution in [0.25, 0.3) is 5.57 Å². The number of alkyl halides is 2. The minimum atomic E-state index is -2.69. The molecule has 0 bridgehead atoms. The molecule has 1 aromatic heterocycles. The molecule has 0 aliphatic heterocycles. The highest BCUT2D eigenvalue weighted by Gasteiger charge is 2.20. The van der Waals surface area contributed by atoms with E-state index in [4.69, 9.17) is 0 Å². The van der Waals surface area contributed by atoms with Crippen LogP contribution in [0.1, 0.15) is 43.2 Å². The average Bonchev–Trinajstić information content (AvgIpc) is 2.89. The summed E-state index contributed by atoms with van der Waals surface area (Å²) < 4.78 is 23.5. The number of aromatic nitrogens is 2. The first kappa shape index (κ1) is 21.8. The average molecular weight is 334 g/mol. The van der Waals surface area contributed by atoms with Gasteiger partial charge in [-0.3, -0.25) is 5.10 Å². The molecule has 2 rings (SSSR count). The molecule has 2 nitrogen and oxygen atoms in total. The van der Waals surface area contributed by atoms with E-state index in [-0.39, 0.29) is 5.57 Å². The monoisotopic (exact) mass is 334 g/mol. The van der Waals surface area contributed by atoms with Crippen molar-refractivity contribution in [3.63, 3.8) is 0 Å². The summed E-state index contributed by atoms with van der Waals surface area (Å²) >= 11 is 0. The van der Waals surface area contributed by atoms with Crippen LogP contribution < -0.4 is 0 Å². The highest BCUT2D eigenvalue weighted by atomic mass is 19.3. The minimum absolute atomic E-state index is 0.0903. The van der Waals surface area contributed by atoms with Crippen molar-refractivity contribution in [2.75, 3.05) is 0 Å². The number of rotatable bonds is 2. The first-order valence-electron chi connectivity index (χ1n) is 7.68. The zero-order chi connectivity index (χ0) is 18.9. The molecule has 1 heterocycles. The van der Waals surface area contributed by atoms with Gasteiger partial charge in [-0.1, -0.05) is 37.4 Å². The third-order valence-electron chi connectivity index (χ3n) is 3.43. The Balaban J connectivity index is 0.000000334. The number of benzene rings is 1. The highest BCUT2D eigenvalue weighted by Crippen LogP contribution is 2.19. The molecule has 0 aliphatic rings. The maximum Gasteiger partial charge on any atom is 0.266 e. The SMILES string of the molecule is C=C(C)C(C)(F)F.C=C(C)c1[nH]ncc1C.Cc1ccccc1C. The number of aryl methyl sites for hydroxylation is 3. The lowest BCUT2D eigenvalue weighted by atomic mass is 10.1. The van der Waals surface area contributed by atoms with Gasteiger partial charge in [0, 0.05) is 6.92 Å². The van der Waals surface area contributed by atoms with Gasteiger partial charge in [0.15, 0.2) is 0 Å². The van der Waals surface area contributed by atoms with Crippen LogP contribution in [0, 0.1) is 20.8 Å². The normalized spacial score (nSPS) is 10.0. The molecule has 0 atom stereocenters. The molecular weight excluding hydrogens is 306 g/mol. The van der Waals surface area contributed by atoms with Crippen molar-refractivity contribution in [2.24, 2.45) is 0 Å². The fourth-order valence-electron chi connectivity index (χ4n) is 1.44. The maximum atomic E-state index is 11.7. The van der Waals surface area contributed by atoms with Crippen LogP contribution >= 0.6 is 0 Å². The summed E-state index contributed by atoms with van der Waals surface area (Å²) in [6.07, 6.45) is 1.80. The highest BCUT2D eigenvalue weighted by molar-refractivity contribution is 5.59. The van der Waals surface area contributed by atoms with Crippen molar-refractivity contribution in [3.05, 3.63) is 71.6 Å². The topological polar surface area (TPSA) is 28.7 Å². The fraction of sp³-hybridized carbons (Fsp3) is 0.350. The van der Waals surface area contributed by atoms with Crippen molar-refractivity contribution < 1.29 is 8.78 Å². The van der Waals surface area contributed by atoms with E-state index >= 15 is 0 Å². The van der Waals surface area contributed by atoms with Gasteiger partial charge in [-0.25, -0.2) is 8.78 Å². The zero-order valence-corrected chi connectivity index (χ0v) is 15.5. The van der Waals surface area contributed by atoms with Crippen LogP contribution in [-0.2, 0) is 0 Å². The summed E-state index contributed by atoms with van der Waals surface area (Å²) in [4.78, 5) is 0. The lowest BCUT2D eigenvalue weighted by molar-refractivity contribution is 0.0641. The first-order valence-corrected chi connectivity index (χ1v) is 7.68. The molecule has 4 heteroatoms. The molecule has 0 fully saturated rings. The Morgan fingerprint density at radius 3 is 1.58 bits per heavy atom. The summed E-state index contributed by atoms with van der Waals surface area (Å²) in [7, 11) is 0. The molecule has 2 aromatic rings. The van der Waals surface area contributed by atoms with E-state index < -0.39 is 5.92 Å². The molecule has 0 saturated carbocycles. The van der Waals surface area contributed by atoms with Crippen molar-refractivity contribution in [1.82, 2.24) is 10.2 Å². The number of nitrogens with zero attached hydrogens (tertiary/aromatic N) is 1. The number of halogens is 2. The molecule has 0 spiro atoms. The molecule has 0 saturated heterocycles. The van der Waals surface area contributed by atoms with Gasteiger partial charge in [-0.15, -0.1) is 0 Å². The summed E-state index contributed by atoms with van der Waals surface area (Å²) in [6.45, 7) is 17.2. The van der Waals surface area contributed by atoms with Crippen molar-refractivity contribution in [2.45, 2.75) is 47.5 Å². The van der Waals surface area contributed by atoms with Crippen LogP contribution in [0.3, 0.4) is 0 Å². The molecule has 0 aliphatic carbocycles. The Bertz CT molecular complexity index is 643. The molecule has 0 unspecified atom stereocenters. The molecule has 24 heavy (non-hydrogen) atoms. The Kier molecular flexibility index (Phi) is 8.90. The number of hydrogen-bond donors (Lipinski definition) is 1. The van der Waals surface area contributed by atoms with E-state index in [9.17, 15) is 8.78 Å². The first-order chi connectivity index (χ1) is 11.0. The largest absolute Gasteiger partial charge is 0.278 e. The number of H-pyrrole nitrogens is 1. The predicted octanol–water partition coefficient (Wildman–Crippen LogP) is 6.27. The summed E-state index contributed by atoms with van der Waals surface area (Å²) in [5, 5.41) is 6.71. The number of nitrogens with one attached hydrogen (secondary N) is 1. The van der Waals surface area contributed by atoms with Gasteiger partial charge < -0.3 is 0 Å². The lowest BCUT2D eigenvalue weighted by Crippen LogP contribution is -2.09. The van der Waals surface area contributed by atoms with E-state index in [0.29, 0.717) is 0 Å². The van der Waals surface area contributed by atoms with Crippen LogP contribution in [0.5, 0.6) is 0 Å². The number of hydrogen-bond acceptors (Lipinski definition) is 1. The van der Waals surface area contributed by atoms with E-state index in [1.807, 2.05) is 13.8 Å². The van der Waals surface area contributed by atoms with Crippen molar-refractivity contribution in [3.8, 4) is 0 Å². The van der Waals surface area contributed by atoms with Crippen LogP contribution in [-0.4, -0.2) is 16.1 Å². The van der Waals surface area contributed by atoms with Gasteiger partial charge >= 0.3 is 0 Å². The van der Waals surface area contributed by atoms with E-state index in [1.54, 1.807) is 6.20 Å². The third-order valence-corrected chi connectivity index (χ3v) is 3.43. The van der Waals surface area contributed by atoms with Gasteiger partial charge in [0.2, 0.25) is 0 Å². The Morgan fingerprint density at radius 2 is 1.42 bits per heavy atom. The quantitative estimate of drug-likeness (QED) is 0.644. The molecule has 132 valence electrons. The summed E-state index contributed by atoms with van der Waals surface area (Å²) in [6, 6.07) is 8.36. The van der Waals surface area contributed by atoms with Gasteiger partial charge in [0.25, 0.3) is 5.92 Å². The second-order valence-electron chi connectivity index (χ2n) is 5.96. The zero-order valence-electron chi connectivity index (χ0n) is 15.5. The summed E-state index contributed by atoms with van der Waals surface area (Å²) in [5.41, 5.74) is 5.88. The second kappa shape index (κ2) is 9.81. The van der Waals surface area contributed by atoms with Crippen LogP contribution in [0.2, 0.25) is 0 Å². The van der Waals surface area contributed by atoms with Gasteiger partial charge in [0.1, 0.15) is 0 Å². The maximum absolute atomic E-state index is 11.7. The molecule has 0 amide bonds. The number of aromatic amines is 1. The minimum Gasteiger partial charge on any atom is -0.278 e. The van der Waals surface area contributed by atoms with E-state index in [2.05, 4.69) is 61.5 Å².